The van der Waals surface area contributed by atoms with Gasteiger partial charge in [0.05, 0.1) is 12.6 Å². The molecule has 0 bridgehead atoms. The van der Waals surface area contributed by atoms with E-state index in [1.807, 2.05) is 4.90 Å². The third-order valence-electron chi connectivity index (χ3n) is 2.99. The average molecular weight is 214 g/mol. The lowest BCUT2D eigenvalue weighted by molar-refractivity contribution is -0.130. The van der Waals surface area contributed by atoms with E-state index >= 15 is 0 Å². The number of rotatable bonds is 6. The number of carbonyl (C=O) groups is 1. The third-order valence-corrected chi connectivity index (χ3v) is 2.99. The van der Waals surface area contributed by atoms with E-state index in [9.17, 15) is 4.79 Å². The van der Waals surface area contributed by atoms with Crippen molar-refractivity contribution in [2.24, 2.45) is 11.7 Å². The number of amides is 1. The molecule has 2 atom stereocenters. The fourth-order valence-electron chi connectivity index (χ4n) is 2.17. The Labute approximate surface area is 91.8 Å². The van der Waals surface area contributed by atoms with Crippen LogP contribution in [0, 0.1) is 5.92 Å². The predicted molar refractivity (Wildman–Crippen MR) is 59.4 cm³/mol. The molecule has 0 aromatic carbocycles. The summed E-state index contributed by atoms with van der Waals surface area (Å²) < 4.78 is 5.16. The lowest BCUT2D eigenvalue weighted by atomic mass is 10.1. The zero-order valence-corrected chi connectivity index (χ0v) is 9.74. The van der Waals surface area contributed by atoms with Crippen molar-refractivity contribution in [1.82, 2.24) is 4.90 Å². The van der Waals surface area contributed by atoms with Crippen molar-refractivity contribution in [3.8, 4) is 0 Å². The van der Waals surface area contributed by atoms with Crippen molar-refractivity contribution >= 4 is 5.91 Å². The Kier molecular flexibility index (Phi) is 5.05. The second-order valence-electron chi connectivity index (χ2n) is 4.25. The fraction of sp³-hybridized carbons (Fsp3) is 0.909. The van der Waals surface area contributed by atoms with Crippen LogP contribution in [0.4, 0.5) is 0 Å². The maximum atomic E-state index is 11.7. The Morgan fingerprint density at radius 3 is 2.87 bits per heavy atom. The van der Waals surface area contributed by atoms with Crippen LogP contribution in [0.3, 0.4) is 0 Å². The Morgan fingerprint density at radius 1 is 1.67 bits per heavy atom. The first kappa shape index (κ1) is 12.5. The van der Waals surface area contributed by atoms with Crippen LogP contribution >= 0.6 is 0 Å². The summed E-state index contributed by atoms with van der Waals surface area (Å²) in [6.07, 6.45) is 2.70. The van der Waals surface area contributed by atoms with E-state index < -0.39 is 0 Å². The summed E-state index contributed by atoms with van der Waals surface area (Å²) >= 11 is 0. The molecule has 1 saturated heterocycles. The summed E-state index contributed by atoms with van der Waals surface area (Å²) in [5.41, 5.74) is 5.60. The van der Waals surface area contributed by atoms with E-state index in [0.717, 1.165) is 19.4 Å². The number of hydrogen-bond acceptors (Lipinski definition) is 3. The van der Waals surface area contributed by atoms with Crippen LogP contribution in [0.5, 0.6) is 0 Å². The summed E-state index contributed by atoms with van der Waals surface area (Å²) in [6.45, 7) is 4.18. The summed E-state index contributed by atoms with van der Waals surface area (Å²) in [5, 5.41) is 0. The molecule has 0 aromatic rings. The molecule has 2 N–H and O–H groups in total. The van der Waals surface area contributed by atoms with Crippen LogP contribution in [0.1, 0.15) is 26.2 Å². The van der Waals surface area contributed by atoms with Gasteiger partial charge in [-0.05, 0) is 18.9 Å². The van der Waals surface area contributed by atoms with E-state index in [0.29, 0.717) is 25.5 Å². The zero-order valence-electron chi connectivity index (χ0n) is 9.74. The van der Waals surface area contributed by atoms with Gasteiger partial charge in [0.1, 0.15) is 0 Å². The normalized spacial score (nSPS) is 23.5. The summed E-state index contributed by atoms with van der Waals surface area (Å²) in [6, 6.07) is 0.240. The van der Waals surface area contributed by atoms with Gasteiger partial charge in [0.2, 0.25) is 5.91 Å². The molecule has 2 unspecified atom stereocenters. The first-order valence-corrected chi connectivity index (χ1v) is 5.71. The molecule has 4 heteroatoms. The van der Waals surface area contributed by atoms with E-state index in [2.05, 4.69) is 6.92 Å². The van der Waals surface area contributed by atoms with Crippen LogP contribution in [0.15, 0.2) is 0 Å². The Morgan fingerprint density at radius 2 is 2.40 bits per heavy atom. The Hall–Kier alpha value is -0.610. The van der Waals surface area contributed by atoms with Gasteiger partial charge in [0.25, 0.3) is 0 Å². The highest BCUT2D eigenvalue weighted by Gasteiger charge is 2.32. The fourth-order valence-corrected chi connectivity index (χ4v) is 2.17. The number of likely N-dealkylation sites (tertiary alicyclic amines) is 1. The first-order chi connectivity index (χ1) is 7.22. The topological polar surface area (TPSA) is 55.6 Å². The van der Waals surface area contributed by atoms with Crippen LogP contribution in [-0.2, 0) is 9.53 Å². The van der Waals surface area contributed by atoms with Crippen molar-refractivity contribution in [1.29, 1.82) is 0 Å². The monoisotopic (exact) mass is 214 g/mol. The number of nitrogens with zero attached hydrogens (tertiary/aromatic N) is 1. The number of carbonyl (C=O) groups excluding carboxylic acids is 1. The van der Waals surface area contributed by atoms with Crippen molar-refractivity contribution < 1.29 is 9.53 Å². The predicted octanol–water partition coefficient (Wildman–Crippen LogP) is 0.609. The van der Waals surface area contributed by atoms with Gasteiger partial charge in [-0.1, -0.05) is 13.3 Å². The second kappa shape index (κ2) is 6.08. The summed E-state index contributed by atoms with van der Waals surface area (Å²) in [7, 11) is 1.68. The highest BCUT2D eigenvalue weighted by molar-refractivity contribution is 5.79. The number of ether oxygens (including phenoxy) is 1. The zero-order chi connectivity index (χ0) is 11.3. The highest BCUT2D eigenvalue weighted by atomic mass is 16.5. The molecule has 0 saturated carbocycles. The molecule has 1 aliphatic heterocycles. The minimum Gasteiger partial charge on any atom is -0.383 e. The third kappa shape index (κ3) is 3.18. The lowest BCUT2D eigenvalue weighted by Crippen LogP contribution is -2.39. The molecule has 1 amide bonds. The van der Waals surface area contributed by atoms with Crippen LogP contribution in [0.2, 0.25) is 0 Å². The Bertz CT molecular complexity index is 203. The van der Waals surface area contributed by atoms with Gasteiger partial charge in [0.15, 0.2) is 0 Å². The minimum atomic E-state index is 0.237. The lowest BCUT2D eigenvalue weighted by Gasteiger charge is -2.27. The molecule has 0 aromatic heterocycles. The van der Waals surface area contributed by atoms with Crippen LogP contribution in [-0.4, -0.2) is 43.7 Å². The van der Waals surface area contributed by atoms with Crippen molar-refractivity contribution in [2.75, 3.05) is 26.8 Å². The molecule has 88 valence electrons. The van der Waals surface area contributed by atoms with Gasteiger partial charge >= 0.3 is 0 Å². The van der Waals surface area contributed by atoms with Gasteiger partial charge in [-0.3, -0.25) is 4.79 Å². The molecule has 0 aliphatic carbocycles. The van der Waals surface area contributed by atoms with E-state index in [-0.39, 0.29) is 11.9 Å². The van der Waals surface area contributed by atoms with Gasteiger partial charge in [-0.2, -0.15) is 0 Å². The van der Waals surface area contributed by atoms with Gasteiger partial charge in [-0.15, -0.1) is 0 Å². The molecule has 15 heavy (non-hydrogen) atoms. The smallest absolute Gasteiger partial charge is 0.223 e. The molecular formula is C11H22N2O2. The quantitative estimate of drug-likeness (QED) is 0.704. The van der Waals surface area contributed by atoms with Gasteiger partial charge in [-0.25, -0.2) is 0 Å². The summed E-state index contributed by atoms with van der Waals surface area (Å²) in [5.74, 6) is 0.578. The van der Waals surface area contributed by atoms with Crippen LogP contribution < -0.4 is 5.73 Å². The standard InChI is InChI=1S/C11H22N2O2/c1-3-4-10(8-15-2)13-7-9(6-12)5-11(13)14/h9-10H,3-8,12H2,1-2H3. The molecule has 0 spiro atoms. The molecule has 4 nitrogen and oxygen atoms in total. The molecule has 1 aliphatic rings. The van der Waals surface area contributed by atoms with Crippen molar-refractivity contribution in [3.05, 3.63) is 0 Å². The highest BCUT2D eigenvalue weighted by Crippen LogP contribution is 2.21. The molecule has 1 heterocycles. The average Bonchev–Trinajstić information content (AvgIpc) is 2.59. The second-order valence-corrected chi connectivity index (χ2v) is 4.25. The van der Waals surface area contributed by atoms with E-state index in [4.69, 9.17) is 10.5 Å². The number of hydrogen-bond donors (Lipinski definition) is 1. The molecule has 1 fully saturated rings. The molecular weight excluding hydrogens is 192 g/mol. The maximum absolute atomic E-state index is 11.7. The molecule has 1 rings (SSSR count). The summed E-state index contributed by atoms with van der Waals surface area (Å²) in [4.78, 5) is 13.7. The van der Waals surface area contributed by atoms with Crippen molar-refractivity contribution in [3.63, 3.8) is 0 Å². The van der Waals surface area contributed by atoms with E-state index in [1.165, 1.54) is 0 Å². The minimum absolute atomic E-state index is 0.237. The van der Waals surface area contributed by atoms with Crippen molar-refractivity contribution in [2.45, 2.75) is 32.2 Å². The first-order valence-electron chi connectivity index (χ1n) is 5.71. The SMILES string of the molecule is CCCC(COC)N1CC(CN)CC1=O. The van der Waals surface area contributed by atoms with Gasteiger partial charge < -0.3 is 15.4 Å². The Balaban J connectivity index is 2.55. The molecule has 0 radical (unpaired) electrons. The number of nitrogens with two attached hydrogens (primary N) is 1. The van der Waals surface area contributed by atoms with Crippen LogP contribution in [0.25, 0.3) is 0 Å². The van der Waals surface area contributed by atoms with Gasteiger partial charge in [0, 0.05) is 20.1 Å². The maximum Gasteiger partial charge on any atom is 0.223 e. The van der Waals surface area contributed by atoms with E-state index in [1.54, 1.807) is 7.11 Å². The number of methoxy groups -OCH3 is 1. The largest absolute Gasteiger partial charge is 0.383 e.